The van der Waals surface area contributed by atoms with Gasteiger partial charge in [0.25, 0.3) is 5.91 Å². The summed E-state index contributed by atoms with van der Waals surface area (Å²) in [4.78, 5) is 21.1. The second-order valence-electron chi connectivity index (χ2n) is 9.93. The van der Waals surface area contributed by atoms with Gasteiger partial charge < -0.3 is 20.4 Å². The van der Waals surface area contributed by atoms with Gasteiger partial charge >= 0.3 is 6.18 Å². The molecule has 1 amide bonds. The van der Waals surface area contributed by atoms with E-state index in [9.17, 15) is 18.0 Å². The van der Waals surface area contributed by atoms with Crippen LogP contribution >= 0.6 is 11.6 Å². The summed E-state index contributed by atoms with van der Waals surface area (Å²) < 4.78 is 40.3. The molecule has 1 fully saturated rings. The van der Waals surface area contributed by atoms with Crippen LogP contribution < -0.4 is 20.4 Å². The fraction of sp³-hybridized carbons (Fsp3) is 0.407. The van der Waals surface area contributed by atoms with Crippen molar-refractivity contribution in [2.75, 3.05) is 42.3 Å². The second-order valence-corrected chi connectivity index (χ2v) is 10.4. The van der Waals surface area contributed by atoms with Crippen molar-refractivity contribution in [1.82, 2.24) is 10.3 Å². The minimum Gasteiger partial charge on any atom is -0.382 e. The predicted octanol–water partition coefficient (Wildman–Crippen LogP) is 5.95. The number of nitrogens with zero attached hydrogens (tertiary/aromatic N) is 3. The van der Waals surface area contributed by atoms with Crippen molar-refractivity contribution in [3.05, 3.63) is 58.7 Å². The number of carbonyl (C=O) groups excluding carboxylic acids is 1. The van der Waals surface area contributed by atoms with E-state index >= 15 is 0 Å². The monoisotopic (exact) mass is 531 g/mol. The van der Waals surface area contributed by atoms with Crippen molar-refractivity contribution < 1.29 is 18.0 Å². The number of alkyl halides is 3. The third kappa shape index (κ3) is 5.42. The van der Waals surface area contributed by atoms with Crippen LogP contribution in [0.2, 0.25) is 5.02 Å². The molecule has 2 aliphatic rings. The summed E-state index contributed by atoms with van der Waals surface area (Å²) in [5.41, 5.74) is 2.45. The Morgan fingerprint density at radius 3 is 2.32 bits per heavy atom. The highest BCUT2D eigenvalue weighted by atomic mass is 35.5. The van der Waals surface area contributed by atoms with Gasteiger partial charge in [0.05, 0.1) is 16.9 Å². The molecule has 0 radical (unpaired) electrons. The normalized spacial score (nSPS) is 20.1. The molecule has 196 valence electrons. The van der Waals surface area contributed by atoms with Crippen molar-refractivity contribution in [2.24, 2.45) is 0 Å². The Bertz CT molecular complexity index is 1320. The van der Waals surface area contributed by atoms with E-state index in [0.717, 1.165) is 43.4 Å². The van der Waals surface area contributed by atoms with Crippen LogP contribution in [0.25, 0.3) is 10.9 Å². The van der Waals surface area contributed by atoms with Gasteiger partial charge in [0, 0.05) is 60.9 Å². The summed E-state index contributed by atoms with van der Waals surface area (Å²) in [7, 11) is 4.07. The molecule has 2 heterocycles. The molecular formula is C27H29ClF3N5O. The zero-order valence-electron chi connectivity index (χ0n) is 20.7. The Balaban J connectivity index is 1.24. The fourth-order valence-electron chi connectivity index (χ4n) is 5.17. The minimum absolute atomic E-state index is 0.0105. The highest BCUT2D eigenvalue weighted by Gasteiger charge is 2.34. The third-order valence-corrected chi connectivity index (χ3v) is 7.55. The molecular weight excluding hydrogens is 503 g/mol. The van der Waals surface area contributed by atoms with Gasteiger partial charge in [0.2, 0.25) is 0 Å². The number of amides is 1. The van der Waals surface area contributed by atoms with Gasteiger partial charge in [-0.15, -0.1) is 0 Å². The van der Waals surface area contributed by atoms with Crippen molar-refractivity contribution in [2.45, 2.75) is 43.9 Å². The number of nitrogens with one attached hydrogen (secondary N) is 2. The van der Waals surface area contributed by atoms with E-state index in [1.807, 2.05) is 32.3 Å². The topological polar surface area (TPSA) is 60.5 Å². The minimum atomic E-state index is -4.55. The standard InChI is InChI=1S/C27H29ClF3N5O/c1-35-11-12-36(2)24-13-16(3-10-23(24)35)26(37)33-19-7-5-18(6-8-19)32-22-15-25(27(29,30)31)34-21-9-4-17(28)14-20(21)22/h3-4,9-10,13-15,18-19H,5-8,11-12H2,1-2H3,(H,32,34)(H,33,37)/t18-,19+. The van der Waals surface area contributed by atoms with Gasteiger partial charge in [-0.25, -0.2) is 4.98 Å². The van der Waals surface area contributed by atoms with Gasteiger partial charge in [0.15, 0.2) is 0 Å². The maximum atomic E-state index is 13.4. The van der Waals surface area contributed by atoms with Crippen LogP contribution in [0.5, 0.6) is 0 Å². The molecule has 1 saturated carbocycles. The number of rotatable bonds is 4. The van der Waals surface area contributed by atoms with Crippen LogP contribution in [0.4, 0.5) is 30.2 Å². The molecule has 1 aromatic heterocycles. The first-order valence-electron chi connectivity index (χ1n) is 12.4. The lowest BCUT2D eigenvalue weighted by atomic mass is 9.90. The Morgan fingerprint density at radius 1 is 0.946 bits per heavy atom. The SMILES string of the molecule is CN1CCN(C)c2cc(C(=O)N[C@H]3CC[C@@H](Nc4cc(C(F)(F)F)nc5ccc(Cl)cc45)CC3)ccc21. The molecule has 5 rings (SSSR count). The number of benzene rings is 2. The highest BCUT2D eigenvalue weighted by Crippen LogP contribution is 2.36. The first kappa shape index (κ1) is 25.4. The van der Waals surface area contributed by atoms with Gasteiger partial charge in [-0.2, -0.15) is 13.2 Å². The third-order valence-electron chi connectivity index (χ3n) is 7.31. The Morgan fingerprint density at radius 2 is 1.62 bits per heavy atom. The lowest BCUT2D eigenvalue weighted by Gasteiger charge is -2.35. The number of fused-ring (bicyclic) bond motifs is 2. The van der Waals surface area contributed by atoms with E-state index in [1.54, 1.807) is 6.07 Å². The predicted molar refractivity (Wildman–Crippen MR) is 142 cm³/mol. The number of hydrogen-bond acceptors (Lipinski definition) is 5. The number of likely N-dealkylation sites (N-methyl/N-ethyl adjacent to an activating group) is 2. The van der Waals surface area contributed by atoms with Crippen LogP contribution in [0.1, 0.15) is 41.7 Å². The van der Waals surface area contributed by atoms with Crippen molar-refractivity contribution in [3.63, 3.8) is 0 Å². The molecule has 1 aliphatic carbocycles. The maximum absolute atomic E-state index is 13.4. The number of carbonyl (C=O) groups is 1. The van der Waals surface area contributed by atoms with Crippen LogP contribution in [0, 0.1) is 0 Å². The van der Waals surface area contributed by atoms with Crippen LogP contribution in [0.15, 0.2) is 42.5 Å². The van der Waals surface area contributed by atoms with Gasteiger partial charge in [-0.05, 0) is 68.1 Å². The second kappa shape index (κ2) is 9.93. The largest absolute Gasteiger partial charge is 0.433 e. The molecule has 0 saturated heterocycles. The van der Waals surface area contributed by atoms with Crippen molar-refractivity contribution in [3.8, 4) is 0 Å². The average molecular weight is 532 g/mol. The first-order valence-corrected chi connectivity index (χ1v) is 12.8. The highest BCUT2D eigenvalue weighted by molar-refractivity contribution is 6.31. The molecule has 0 spiro atoms. The smallest absolute Gasteiger partial charge is 0.382 e. The quantitative estimate of drug-likeness (QED) is 0.436. The molecule has 0 unspecified atom stereocenters. The molecule has 10 heteroatoms. The fourth-order valence-corrected chi connectivity index (χ4v) is 5.34. The lowest BCUT2D eigenvalue weighted by molar-refractivity contribution is -0.140. The molecule has 2 N–H and O–H groups in total. The maximum Gasteiger partial charge on any atom is 0.433 e. The molecule has 0 bridgehead atoms. The van der Waals surface area contributed by atoms with Crippen LogP contribution in [-0.2, 0) is 6.18 Å². The molecule has 37 heavy (non-hydrogen) atoms. The Hall–Kier alpha value is -3.20. The number of pyridine rings is 1. The summed E-state index contributed by atoms with van der Waals surface area (Å²) in [6.45, 7) is 1.83. The van der Waals surface area contributed by atoms with E-state index in [-0.39, 0.29) is 23.5 Å². The van der Waals surface area contributed by atoms with Crippen molar-refractivity contribution >= 4 is 45.5 Å². The molecule has 6 nitrogen and oxygen atoms in total. The summed E-state index contributed by atoms with van der Waals surface area (Å²) in [6.07, 6.45) is -1.66. The molecule has 0 atom stereocenters. The van der Waals surface area contributed by atoms with E-state index in [2.05, 4.69) is 25.4 Å². The van der Waals surface area contributed by atoms with E-state index in [1.165, 1.54) is 12.1 Å². The Labute approximate surface area is 218 Å². The molecule has 1 aliphatic heterocycles. The molecule has 3 aromatic rings. The van der Waals surface area contributed by atoms with Gasteiger partial charge in [-0.3, -0.25) is 4.79 Å². The number of aromatic nitrogens is 1. The van der Waals surface area contributed by atoms with E-state index in [4.69, 9.17) is 11.6 Å². The summed E-state index contributed by atoms with van der Waals surface area (Å²) in [5, 5.41) is 7.42. The summed E-state index contributed by atoms with van der Waals surface area (Å²) in [5.74, 6) is -0.106. The average Bonchev–Trinajstić information content (AvgIpc) is 2.87. The summed E-state index contributed by atoms with van der Waals surface area (Å²) in [6, 6.07) is 11.5. The zero-order valence-corrected chi connectivity index (χ0v) is 21.5. The lowest BCUT2D eigenvalue weighted by Crippen LogP contribution is -2.40. The zero-order chi connectivity index (χ0) is 26.3. The summed E-state index contributed by atoms with van der Waals surface area (Å²) >= 11 is 6.11. The van der Waals surface area contributed by atoms with Crippen LogP contribution in [0.3, 0.4) is 0 Å². The van der Waals surface area contributed by atoms with Gasteiger partial charge in [0.1, 0.15) is 5.69 Å². The number of halogens is 4. The van der Waals surface area contributed by atoms with E-state index in [0.29, 0.717) is 34.5 Å². The first-order chi connectivity index (χ1) is 17.6. The van der Waals surface area contributed by atoms with Gasteiger partial charge in [-0.1, -0.05) is 11.6 Å². The molecule has 2 aromatic carbocycles. The number of anilines is 3. The number of hydrogen-bond donors (Lipinski definition) is 2. The van der Waals surface area contributed by atoms with Crippen molar-refractivity contribution in [1.29, 1.82) is 0 Å². The van der Waals surface area contributed by atoms with Crippen LogP contribution in [-0.4, -0.2) is 50.2 Å². The van der Waals surface area contributed by atoms with E-state index < -0.39 is 11.9 Å². The Kier molecular flexibility index (Phi) is 6.83.